The Morgan fingerprint density at radius 1 is 1.36 bits per heavy atom. The van der Waals surface area contributed by atoms with Gasteiger partial charge in [-0.05, 0) is 56.2 Å². The van der Waals surface area contributed by atoms with Gasteiger partial charge in [0, 0.05) is 0 Å². The molecule has 0 bridgehead atoms. The van der Waals surface area contributed by atoms with E-state index in [0.717, 1.165) is 39.9 Å². The number of benzene rings is 1. The van der Waals surface area contributed by atoms with Crippen LogP contribution in [0.25, 0.3) is 10.2 Å². The summed E-state index contributed by atoms with van der Waals surface area (Å²) in [5.74, 6) is -0.0870. The number of urea groups is 1. The molecule has 7 nitrogen and oxygen atoms in total. The van der Waals surface area contributed by atoms with Gasteiger partial charge in [-0.3, -0.25) is 14.5 Å². The summed E-state index contributed by atoms with van der Waals surface area (Å²) in [5.41, 5.74) is 1.11. The van der Waals surface area contributed by atoms with Crippen molar-refractivity contribution in [2.24, 2.45) is 5.92 Å². The van der Waals surface area contributed by atoms with Gasteiger partial charge >= 0.3 is 6.03 Å². The predicted octanol–water partition coefficient (Wildman–Crippen LogP) is 3.43. The monoisotopic (exact) mass is 400 g/mol. The van der Waals surface area contributed by atoms with Crippen LogP contribution in [0.5, 0.6) is 0 Å². The lowest BCUT2D eigenvalue weighted by Gasteiger charge is -2.34. The van der Waals surface area contributed by atoms with Gasteiger partial charge in [-0.2, -0.15) is 0 Å². The van der Waals surface area contributed by atoms with Gasteiger partial charge in [0.25, 0.3) is 5.91 Å². The first kappa shape index (κ1) is 18.9. The zero-order valence-corrected chi connectivity index (χ0v) is 16.9. The molecule has 0 atom stereocenters. The lowest BCUT2D eigenvalue weighted by atomic mass is 9.75. The van der Waals surface area contributed by atoms with Crippen LogP contribution in [0.4, 0.5) is 9.93 Å². The van der Waals surface area contributed by atoms with E-state index >= 15 is 0 Å². The lowest BCUT2D eigenvalue weighted by molar-refractivity contribution is -0.135. The minimum absolute atomic E-state index is 0.276. The van der Waals surface area contributed by atoms with Crippen LogP contribution < -0.4 is 10.6 Å². The van der Waals surface area contributed by atoms with Gasteiger partial charge in [0.05, 0.1) is 10.2 Å². The second kappa shape index (κ2) is 7.16. The average Bonchev–Trinajstić information content (AvgIpc) is 3.15. The Kier molecular flexibility index (Phi) is 4.82. The largest absolute Gasteiger partial charge is 0.325 e. The Hall–Kier alpha value is -2.48. The normalized spacial score (nSPS) is 24.8. The number of thiazole rings is 1. The molecule has 1 saturated carbocycles. The maximum absolute atomic E-state index is 12.9. The van der Waals surface area contributed by atoms with Crippen molar-refractivity contribution in [1.82, 2.24) is 15.2 Å². The summed E-state index contributed by atoms with van der Waals surface area (Å²) in [6.45, 7) is 3.86. The summed E-state index contributed by atoms with van der Waals surface area (Å²) in [4.78, 5) is 43.2. The molecule has 4 rings (SSSR count). The number of rotatable bonds is 4. The van der Waals surface area contributed by atoms with E-state index in [1.54, 1.807) is 0 Å². The third-order valence-electron chi connectivity index (χ3n) is 5.87. The van der Waals surface area contributed by atoms with Crippen LogP contribution >= 0.6 is 11.3 Å². The van der Waals surface area contributed by atoms with Crippen molar-refractivity contribution in [2.45, 2.75) is 51.5 Å². The Morgan fingerprint density at radius 3 is 2.82 bits per heavy atom. The number of amides is 4. The molecular weight excluding hydrogens is 376 g/mol. The van der Waals surface area contributed by atoms with Crippen molar-refractivity contribution in [3.8, 4) is 0 Å². The molecule has 2 fully saturated rings. The number of fused-ring (bicyclic) bond motifs is 1. The number of nitrogens with zero attached hydrogens (tertiary/aromatic N) is 2. The highest BCUT2D eigenvalue weighted by atomic mass is 32.1. The molecular formula is C20H24N4O3S. The number of aryl methyl sites for hydroxylation is 1. The molecule has 2 N–H and O–H groups in total. The third-order valence-corrected chi connectivity index (χ3v) is 6.81. The lowest BCUT2D eigenvalue weighted by Crippen LogP contribution is -2.49. The number of hydrogen-bond donors (Lipinski definition) is 2. The molecule has 1 spiro atoms. The molecule has 4 amide bonds. The van der Waals surface area contributed by atoms with E-state index < -0.39 is 17.5 Å². The summed E-state index contributed by atoms with van der Waals surface area (Å²) in [5, 5.41) is 6.04. The number of anilines is 1. The zero-order valence-electron chi connectivity index (χ0n) is 16.1. The molecule has 1 aliphatic carbocycles. The number of carbonyl (C=O) groups is 3. The fraction of sp³-hybridized carbons (Fsp3) is 0.500. The highest BCUT2D eigenvalue weighted by Gasteiger charge is 2.52. The number of imide groups is 1. The van der Waals surface area contributed by atoms with Crippen LogP contribution in [0.2, 0.25) is 0 Å². The third kappa shape index (κ3) is 3.37. The van der Waals surface area contributed by atoms with E-state index in [4.69, 9.17) is 0 Å². The van der Waals surface area contributed by atoms with Gasteiger partial charge in [0.1, 0.15) is 12.1 Å². The molecule has 1 aromatic carbocycles. The predicted molar refractivity (Wildman–Crippen MR) is 108 cm³/mol. The average molecular weight is 401 g/mol. The van der Waals surface area contributed by atoms with Crippen molar-refractivity contribution in [3.63, 3.8) is 0 Å². The van der Waals surface area contributed by atoms with E-state index in [9.17, 15) is 14.4 Å². The molecule has 0 unspecified atom stereocenters. The molecule has 1 saturated heterocycles. The van der Waals surface area contributed by atoms with Crippen molar-refractivity contribution in [2.75, 3.05) is 11.9 Å². The fourth-order valence-corrected chi connectivity index (χ4v) is 5.11. The minimum Gasteiger partial charge on any atom is -0.323 e. The van der Waals surface area contributed by atoms with Crippen molar-refractivity contribution in [1.29, 1.82) is 0 Å². The zero-order chi connectivity index (χ0) is 19.9. The molecule has 0 radical (unpaired) electrons. The van der Waals surface area contributed by atoms with Gasteiger partial charge in [-0.1, -0.05) is 30.7 Å². The van der Waals surface area contributed by atoms with Gasteiger partial charge < -0.3 is 10.6 Å². The molecule has 8 heteroatoms. The van der Waals surface area contributed by atoms with Crippen molar-refractivity contribution >= 4 is 44.5 Å². The number of nitrogens with one attached hydrogen (secondary N) is 2. The highest BCUT2D eigenvalue weighted by molar-refractivity contribution is 7.22. The fourth-order valence-electron chi connectivity index (χ4n) is 4.13. The molecule has 2 aliphatic rings. The van der Waals surface area contributed by atoms with E-state index in [-0.39, 0.29) is 12.5 Å². The molecule has 2 aromatic rings. The first-order chi connectivity index (χ1) is 13.4. The van der Waals surface area contributed by atoms with Crippen LogP contribution in [0.15, 0.2) is 18.2 Å². The SMILES string of the molecule is CCC1CCC2(CC1)NC(=O)N(CC(=O)Nc1nc3ccc(C)cc3s1)C2=O. The maximum atomic E-state index is 12.9. The van der Waals surface area contributed by atoms with E-state index in [2.05, 4.69) is 22.5 Å². The van der Waals surface area contributed by atoms with Gasteiger partial charge in [-0.15, -0.1) is 0 Å². The standard InChI is InChI=1S/C20H24N4O3S/c1-3-13-6-8-20(9-7-13)17(26)24(19(27)23-20)11-16(25)22-18-21-14-5-4-12(2)10-15(14)28-18/h4-5,10,13H,3,6-9,11H2,1-2H3,(H,23,27)(H,21,22,25). The first-order valence-electron chi connectivity index (χ1n) is 9.71. The Labute approximate surface area is 167 Å². The number of hydrogen-bond acceptors (Lipinski definition) is 5. The summed E-state index contributed by atoms with van der Waals surface area (Å²) < 4.78 is 0.983. The first-order valence-corrected chi connectivity index (χ1v) is 10.5. The number of aromatic nitrogens is 1. The smallest absolute Gasteiger partial charge is 0.323 e. The van der Waals surface area contributed by atoms with E-state index in [0.29, 0.717) is 23.9 Å². The van der Waals surface area contributed by atoms with Crippen LogP contribution in [-0.4, -0.2) is 39.8 Å². The summed E-state index contributed by atoms with van der Waals surface area (Å²) in [7, 11) is 0. The van der Waals surface area contributed by atoms with Gasteiger partial charge in [0.15, 0.2) is 5.13 Å². The van der Waals surface area contributed by atoms with E-state index in [1.807, 2.05) is 25.1 Å². The van der Waals surface area contributed by atoms with Gasteiger partial charge in [0.2, 0.25) is 5.91 Å². The Morgan fingerprint density at radius 2 is 2.11 bits per heavy atom. The summed E-state index contributed by atoms with van der Waals surface area (Å²) in [6.07, 6.45) is 4.23. The second-order valence-corrected chi connectivity index (χ2v) is 8.82. The topological polar surface area (TPSA) is 91.4 Å². The van der Waals surface area contributed by atoms with Crippen molar-refractivity contribution in [3.05, 3.63) is 23.8 Å². The molecule has 148 valence electrons. The van der Waals surface area contributed by atoms with Crippen LogP contribution in [0.1, 0.15) is 44.6 Å². The Bertz CT molecular complexity index is 946. The van der Waals surface area contributed by atoms with Crippen LogP contribution in [-0.2, 0) is 9.59 Å². The molecule has 2 heterocycles. The number of carbonyl (C=O) groups excluding carboxylic acids is 3. The van der Waals surface area contributed by atoms with Crippen molar-refractivity contribution < 1.29 is 14.4 Å². The minimum atomic E-state index is -0.823. The second-order valence-electron chi connectivity index (χ2n) is 7.79. The molecule has 28 heavy (non-hydrogen) atoms. The van der Waals surface area contributed by atoms with Crippen LogP contribution in [0, 0.1) is 12.8 Å². The molecule has 1 aliphatic heterocycles. The van der Waals surface area contributed by atoms with Gasteiger partial charge in [-0.25, -0.2) is 9.78 Å². The molecule has 1 aromatic heterocycles. The Balaban J connectivity index is 1.42. The quantitative estimate of drug-likeness (QED) is 0.769. The van der Waals surface area contributed by atoms with E-state index in [1.165, 1.54) is 11.3 Å². The highest BCUT2D eigenvalue weighted by Crippen LogP contribution is 2.37. The maximum Gasteiger partial charge on any atom is 0.325 e. The summed E-state index contributed by atoms with van der Waals surface area (Å²) in [6, 6.07) is 5.41. The summed E-state index contributed by atoms with van der Waals surface area (Å²) >= 11 is 1.38. The van der Waals surface area contributed by atoms with Crippen LogP contribution in [0.3, 0.4) is 0 Å².